The molecule has 0 heterocycles. The van der Waals surface area contributed by atoms with Gasteiger partial charge in [-0.1, -0.05) is 44.2 Å². The van der Waals surface area contributed by atoms with Crippen molar-refractivity contribution in [1.29, 1.82) is 0 Å². The zero-order valence-electron chi connectivity index (χ0n) is 10.8. The minimum absolute atomic E-state index is 1.06. The molecule has 2 heteroatoms. The largest absolute Gasteiger partial charge is 0.305 e. The number of likely N-dealkylation sites (N-methyl/N-ethyl adjacent to an activating group) is 2. The van der Waals surface area contributed by atoms with Crippen molar-refractivity contribution in [3.63, 3.8) is 0 Å². The van der Waals surface area contributed by atoms with E-state index in [1.54, 1.807) is 0 Å². The summed E-state index contributed by atoms with van der Waals surface area (Å²) in [7, 11) is 2.18. The first-order valence-corrected chi connectivity index (χ1v) is 6.21. The van der Waals surface area contributed by atoms with Crippen LogP contribution in [0.15, 0.2) is 30.3 Å². The molecule has 1 rings (SSSR count). The van der Waals surface area contributed by atoms with E-state index < -0.39 is 0 Å². The lowest BCUT2D eigenvalue weighted by Gasteiger charge is -2.23. The standard InChI is InChI=1S/C14H24N2/c1-4-15(3)11-12-16(5-2)13-14-9-7-6-8-10-14/h6-10H,4-5,11-13H2,1-3H3. The van der Waals surface area contributed by atoms with Gasteiger partial charge in [0.25, 0.3) is 0 Å². The summed E-state index contributed by atoms with van der Waals surface area (Å²) in [6.07, 6.45) is 0. The quantitative estimate of drug-likeness (QED) is 0.696. The minimum atomic E-state index is 1.06. The highest BCUT2D eigenvalue weighted by Crippen LogP contribution is 2.03. The number of rotatable bonds is 7. The van der Waals surface area contributed by atoms with Gasteiger partial charge in [-0.2, -0.15) is 0 Å². The van der Waals surface area contributed by atoms with Crippen molar-refractivity contribution in [3.05, 3.63) is 35.9 Å². The SMILES string of the molecule is CCN(C)CCN(CC)Cc1ccccc1. The predicted octanol–water partition coefficient (Wildman–Crippen LogP) is 2.46. The van der Waals surface area contributed by atoms with Gasteiger partial charge in [0.2, 0.25) is 0 Å². The molecule has 0 spiro atoms. The highest BCUT2D eigenvalue weighted by Gasteiger charge is 2.04. The molecule has 0 radical (unpaired) electrons. The van der Waals surface area contributed by atoms with Crippen LogP contribution in [0.25, 0.3) is 0 Å². The summed E-state index contributed by atoms with van der Waals surface area (Å²) in [5.41, 5.74) is 1.41. The molecule has 2 nitrogen and oxygen atoms in total. The molecule has 0 N–H and O–H groups in total. The summed E-state index contributed by atoms with van der Waals surface area (Å²) < 4.78 is 0. The molecule has 1 aromatic carbocycles. The van der Waals surface area contributed by atoms with E-state index in [0.717, 1.165) is 32.7 Å². The minimum Gasteiger partial charge on any atom is -0.305 e. The third-order valence-corrected chi connectivity index (χ3v) is 3.03. The molecule has 0 fully saturated rings. The van der Waals surface area contributed by atoms with Gasteiger partial charge in [0, 0.05) is 19.6 Å². The van der Waals surface area contributed by atoms with Crippen molar-refractivity contribution < 1.29 is 0 Å². The third-order valence-electron chi connectivity index (χ3n) is 3.03. The Morgan fingerprint density at radius 1 is 0.938 bits per heavy atom. The fraction of sp³-hybridized carbons (Fsp3) is 0.571. The Hall–Kier alpha value is -0.860. The number of benzene rings is 1. The van der Waals surface area contributed by atoms with Crippen molar-refractivity contribution in [2.45, 2.75) is 20.4 Å². The van der Waals surface area contributed by atoms with Crippen LogP contribution in [-0.4, -0.2) is 43.0 Å². The van der Waals surface area contributed by atoms with Crippen LogP contribution in [0.5, 0.6) is 0 Å². The molecule has 0 atom stereocenters. The van der Waals surface area contributed by atoms with E-state index >= 15 is 0 Å². The van der Waals surface area contributed by atoms with Gasteiger partial charge in [0.05, 0.1) is 0 Å². The first-order chi connectivity index (χ1) is 7.76. The lowest BCUT2D eigenvalue weighted by atomic mass is 10.2. The first-order valence-electron chi connectivity index (χ1n) is 6.21. The molecule has 0 saturated heterocycles. The van der Waals surface area contributed by atoms with Gasteiger partial charge in [0.1, 0.15) is 0 Å². The van der Waals surface area contributed by atoms with Gasteiger partial charge in [0.15, 0.2) is 0 Å². The summed E-state index contributed by atoms with van der Waals surface area (Å²) >= 11 is 0. The summed E-state index contributed by atoms with van der Waals surface area (Å²) in [6, 6.07) is 10.7. The van der Waals surface area contributed by atoms with Crippen LogP contribution < -0.4 is 0 Å². The summed E-state index contributed by atoms with van der Waals surface area (Å²) in [4.78, 5) is 4.84. The van der Waals surface area contributed by atoms with Crippen LogP contribution in [-0.2, 0) is 6.54 Å². The molecule has 0 amide bonds. The van der Waals surface area contributed by atoms with E-state index in [4.69, 9.17) is 0 Å². The molecule has 90 valence electrons. The van der Waals surface area contributed by atoms with Crippen molar-refractivity contribution >= 4 is 0 Å². The molecule has 0 aliphatic rings. The monoisotopic (exact) mass is 220 g/mol. The maximum absolute atomic E-state index is 2.49. The molecule has 1 aromatic rings. The Balaban J connectivity index is 2.37. The van der Waals surface area contributed by atoms with Gasteiger partial charge in [-0.05, 0) is 25.7 Å². The second-order valence-electron chi connectivity index (χ2n) is 4.25. The fourth-order valence-corrected chi connectivity index (χ4v) is 1.66. The second-order valence-corrected chi connectivity index (χ2v) is 4.25. The lowest BCUT2D eigenvalue weighted by molar-refractivity contribution is 0.231. The zero-order valence-corrected chi connectivity index (χ0v) is 10.8. The van der Waals surface area contributed by atoms with Crippen molar-refractivity contribution in [2.75, 3.05) is 33.2 Å². The highest BCUT2D eigenvalue weighted by atomic mass is 15.2. The maximum atomic E-state index is 2.49. The van der Waals surface area contributed by atoms with E-state index in [9.17, 15) is 0 Å². The fourth-order valence-electron chi connectivity index (χ4n) is 1.66. The van der Waals surface area contributed by atoms with Gasteiger partial charge < -0.3 is 4.90 Å². The normalized spacial score (nSPS) is 11.3. The van der Waals surface area contributed by atoms with Crippen molar-refractivity contribution in [3.8, 4) is 0 Å². The Labute approximate surface area is 99.9 Å². The van der Waals surface area contributed by atoms with Crippen LogP contribution >= 0.6 is 0 Å². The Kier molecular flexibility index (Phi) is 6.12. The molecule has 16 heavy (non-hydrogen) atoms. The predicted molar refractivity (Wildman–Crippen MR) is 70.6 cm³/mol. The van der Waals surface area contributed by atoms with Crippen LogP contribution in [0, 0.1) is 0 Å². The Morgan fingerprint density at radius 2 is 1.62 bits per heavy atom. The number of hydrogen-bond donors (Lipinski definition) is 0. The van der Waals surface area contributed by atoms with Crippen LogP contribution in [0.3, 0.4) is 0 Å². The Bertz CT molecular complexity index is 271. The molecule has 0 unspecified atom stereocenters. The summed E-state index contributed by atoms with van der Waals surface area (Å²) in [5.74, 6) is 0. The van der Waals surface area contributed by atoms with Crippen LogP contribution in [0.4, 0.5) is 0 Å². The van der Waals surface area contributed by atoms with Gasteiger partial charge in [-0.25, -0.2) is 0 Å². The lowest BCUT2D eigenvalue weighted by Crippen LogP contribution is -2.32. The number of hydrogen-bond acceptors (Lipinski definition) is 2. The number of nitrogens with zero attached hydrogens (tertiary/aromatic N) is 2. The second kappa shape index (κ2) is 7.42. The molecule has 0 aromatic heterocycles. The van der Waals surface area contributed by atoms with E-state index in [1.165, 1.54) is 5.56 Å². The van der Waals surface area contributed by atoms with Crippen molar-refractivity contribution in [2.24, 2.45) is 0 Å². The van der Waals surface area contributed by atoms with E-state index in [-0.39, 0.29) is 0 Å². The summed E-state index contributed by atoms with van der Waals surface area (Å²) in [6.45, 7) is 10.0. The first kappa shape index (κ1) is 13.2. The highest BCUT2D eigenvalue weighted by molar-refractivity contribution is 5.14. The molecule has 0 bridgehead atoms. The van der Waals surface area contributed by atoms with Gasteiger partial charge >= 0.3 is 0 Å². The van der Waals surface area contributed by atoms with Gasteiger partial charge in [-0.15, -0.1) is 0 Å². The Morgan fingerprint density at radius 3 is 2.19 bits per heavy atom. The van der Waals surface area contributed by atoms with Crippen LogP contribution in [0.1, 0.15) is 19.4 Å². The average molecular weight is 220 g/mol. The molecule has 0 aliphatic carbocycles. The van der Waals surface area contributed by atoms with Crippen molar-refractivity contribution in [1.82, 2.24) is 9.80 Å². The third kappa shape index (κ3) is 4.77. The van der Waals surface area contributed by atoms with E-state index in [2.05, 4.69) is 61.0 Å². The average Bonchev–Trinajstić information content (AvgIpc) is 2.35. The van der Waals surface area contributed by atoms with E-state index in [1.807, 2.05) is 0 Å². The summed E-state index contributed by atoms with van der Waals surface area (Å²) in [5, 5.41) is 0. The molecular weight excluding hydrogens is 196 g/mol. The van der Waals surface area contributed by atoms with Crippen LogP contribution in [0.2, 0.25) is 0 Å². The van der Waals surface area contributed by atoms with Gasteiger partial charge in [-0.3, -0.25) is 4.90 Å². The maximum Gasteiger partial charge on any atom is 0.0234 e. The molecular formula is C14H24N2. The molecule has 0 saturated carbocycles. The molecule has 0 aliphatic heterocycles. The van der Waals surface area contributed by atoms with E-state index in [0.29, 0.717) is 0 Å². The smallest absolute Gasteiger partial charge is 0.0234 e. The topological polar surface area (TPSA) is 6.48 Å². The zero-order chi connectivity index (χ0) is 11.8.